The molecule has 1 aromatic carbocycles. The van der Waals surface area contributed by atoms with Gasteiger partial charge in [0, 0.05) is 30.9 Å². The summed E-state index contributed by atoms with van der Waals surface area (Å²) in [7, 11) is 0. The second-order valence-corrected chi connectivity index (χ2v) is 7.41. The van der Waals surface area contributed by atoms with Crippen LogP contribution in [0.3, 0.4) is 0 Å². The van der Waals surface area contributed by atoms with Crippen LogP contribution in [0, 0.1) is 10.1 Å². The Balaban J connectivity index is 1.61. The van der Waals surface area contributed by atoms with Gasteiger partial charge in [-0.3, -0.25) is 19.7 Å². The van der Waals surface area contributed by atoms with Gasteiger partial charge in [-0.2, -0.15) is 0 Å². The molecular weight excluding hydrogens is 318 g/mol. The molecule has 0 radical (unpaired) electrons. The quantitative estimate of drug-likeness (QED) is 0.667. The van der Waals surface area contributed by atoms with Gasteiger partial charge >= 0.3 is 0 Å². The number of thioether (sulfide) groups is 1. The van der Waals surface area contributed by atoms with Gasteiger partial charge in [0.15, 0.2) is 0 Å². The van der Waals surface area contributed by atoms with Crippen molar-refractivity contribution in [1.82, 2.24) is 10.2 Å². The summed E-state index contributed by atoms with van der Waals surface area (Å²) in [4.78, 5) is 36.0. The zero-order chi connectivity index (χ0) is 16.6. The first-order valence-corrected chi connectivity index (χ1v) is 8.36. The van der Waals surface area contributed by atoms with E-state index < -0.39 is 11.0 Å². The number of hydrogen-bond donors (Lipinski definition) is 1. The Kier molecular flexibility index (Phi) is 4.01. The summed E-state index contributed by atoms with van der Waals surface area (Å²) in [6.07, 6.45) is 1.28. The molecular formula is C15H17N3O4S. The Hall–Kier alpha value is -2.09. The number of fused-ring (bicyclic) bond motifs is 1. The predicted molar refractivity (Wildman–Crippen MR) is 85.7 cm³/mol. The van der Waals surface area contributed by atoms with Crippen LogP contribution in [-0.2, 0) is 16.1 Å². The second kappa shape index (κ2) is 5.84. The van der Waals surface area contributed by atoms with Crippen molar-refractivity contribution in [2.75, 3.05) is 5.75 Å². The van der Waals surface area contributed by atoms with Gasteiger partial charge in [0.25, 0.3) is 5.69 Å². The Bertz CT molecular complexity index is 663. The summed E-state index contributed by atoms with van der Waals surface area (Å²) in [6.45, 7) is 2.29. The van der Waals surface area contributed by atoms with E-state index in [2.05, 4.69) is 5.32 Å². The number of rotatable bonds is 4. The minimum absolute atomic E-state index is 0.0192. The summed E-state index contributed by atoms with van der Waals surface area (Å²) in [6, 6.07) is 5.62. The van der Waals surface area contributed by atoms with E-state index in [-0.39, 0.29) is 28.9 Å². The lowest BCUT2D eigenvalue weighted by Crippen LogP contribution is -2.49. The highest BCUT2D eigenvalue weighted by Crippen LogP contribution is 2.47. The smallest absolute Gasteiger partial charge is 0.269 e. The maximum absolute atomic E-state index is 12.4. The summed E-state index contributed by atoms with van der Waals surface area (Å²) >= 11 is 1.65. The number of carbonyl (C=O) groups is 2. The molecule has 0 aromatic heterocycles. The first-order chi connectivity index (χ1) is 10.9. The molecule has 2 saturated heterocycles. The molecule has 0 bridgehead atoms. The average molecular weight is 335 g/mol. The number of amides is 2. The van der Waals surface area contributed by atoms with E-state index in [1.54, 1.807) is 28.8 Å². The summed E-state index contributed by atoms with van der Waals surface area (Å²) in [5.74, 6) is 0.469. The number of carbonyl (C=O) groups excluding carboxylic acids is 2. The van der Waals surface area contributed by atoms with Crippen molar-refractivity contribution < 1.29 is 14.5 Å². The fourth-order valence-corrected chi connectivity index (χ4v) is 4.49. The second-order valence-electron chi connectivity index (χ2n) is 5.91. The highest BCUT2D eigenvalue weighted by molar-refractivity contribution is 8.01. The fraction of sp³-hybridized carbons (Fsp3) is 0.467. The zero-order valence-corrected chi connectivity index (χ0v) is 13.5. The Morgan fingerprint density at radius 2 is 2.17 bits per heavy atom. The topological polar surface area (TPSA) is 92.6 Å². The zero-order valence-electron chi connectivity index (χ0n) is 12.7. The Labute approximate surface area is 137 Å². The van der Waals surface area contributed by atoms with E-state index in [1.165, 1.54) is 12.1 Å². The van der Waals surface area contributed by atoms with Crippen molar-refractivity contribution in [2.24, 2.45) is 0 Å². The van der Waals surface area contributed by atoms with Gasteiger partial charge in [0.1, 0.15) is 6.04 Å². The number of benzene rings is 1. The molecule has 2 amide bonds. The van der Waals surface area contributed by atoms with Crippen molar-refractivity contribution in [2.45, 2.75) is 37.2 Å². The highest BCUT2D eigenvalue weighted by Gasteiger charge is 2.52. The summed E-state index contributed by atoms with van der Waals surface area (Å²) in [5, 5.41) is 13.4. The highest BCUT2D eigenvalue weighted by atomic mass is 32.2. The van der Waals surface area contributed by atoms with E-state index in [0.29, 0.717) is 12.2 Å². The summed E-state index contributed by atoms with van der Waals surface area (Å²) < 4.78 is 0. The lowest BCUT2D eigenvalue weighted by atomic mass is 10.2. The van der Waals surface area contributed by atoms with Crippen LogP contribution in [0.1, 0.15) is 25.3 Å². The van der Waals surface area contributed by atoms with Gasteiger partial charge in [0.05, 0.1) is 9.79 Å². The molecule has 122 valence electrons. The van der Waals surface area contributed by atoms with Crippen LogP contribution in [0.25, 0.3) is 0 Å². The van der Waals surface area contributed by atoms with Crippen LogP contribution in [0.15, 0.2) is 24.3 Å². The van der Waals surface area contributed by atoms with Gasteiger partial charge in [-0.25, -0.2) is 0 Å². The third-order valence-electron chi connectivity index (χ3n) is 4.36. The number of nitro groups is 1. The molecule has 1 N–H and O–H groups in total. The van der Waals surface area contributed by atoms with Gasteiger partial charge in [-0.05, 0) is 18.9 Å². The summed E-state index contributed by atoms with van der Waals surface area (Å²) in [5.41, 5.74) is 0.802. The van der Waals surface area contributed by atoms with E-state index in [1.807, 2.05) is 6.92 Å². The molecule has 0 aliphatic carbocycles. The monoisotopic (exact) mass is 335 g/mol. The SMILES string of the molecule is CC12CCC(=O)N1C(C(=O)NCc1ccc([N+](=O)[O-])cc1)CS2. The van der Waals surface area contributed by atoms with Crippen molar-refractivity contribution in [1.29, 1.82) is 0 Å². The number of nitro benzene ring substituents is 1. The molecule has 7 nitrogen and oxygen atoms in total. The maximum Gasteiger partial charge on any atom is 0.269 e. The van der Waals surface area contributed by atoms with E-state index in [0.717, 1.165) is 12.0 Å². The molecule has 0 spiro atoms. The molecule has 2 heterocycles. The largest absolute Gasteiger partial charge is 0.350 e. The van der Waals surface area contributed by atoms with Crippen molar-refractivity contribution in [3.8, 4) is 0 Å². The minimum atomic E-state index is -0.460. The van der Waals surface area contributed by atoms with Crippen LogP contribution in [0.5, 0.6) is 0 Å². The molecule has 2 fully saturated rings. The third kappa shape index (κ3) is 2.90. The van der Waals surface area contributed by atoms with Crippen LogP contribution < -0.4 is 5.32 Å². The van der Waals surface area contributed by atoms with Gasteiger partial charge in [-0.1, -0.05) is 12.1 Å². The minimum Gasteiger partial charge on any atom is -0.350 e. The lowest BCUT2D eigenvalue weighted by molar-refractivity contribution is -0.384. The predicted octanol–water partition coefficient (Wildman–Crippen LogP) is 1.66. The lowest BCUT2D eigenvalue weighted by Gasteiger charge is -2.29. The van der Waals surface area contributed by atoms with E-state index in [4.69, 9.17) is 0 Å². The molecule has 2 unspecified atom stereocenters. The van der Waals surface area contributed by atoms with Crippen LogP contribution in [-0.4, -0.2) is 38.3 Å². The number of non-ortho nitro benzene ring substituents is 1. The van der Waals surface area contributed by atoms with Crippen LogP contribution >= 0.6 is 11.8 Å². The molecule has 1 aromatic rings. The van der Waals surface area contributed by atoms with Gasteiger partial charge < -0.3 is 10.2 Å². The van der Waals surface area contributed by atoms with Crippen LogP contribution in [0.2, 0.25) is 0 Å². The fourth-order valence-electron chi connectivity index (χ4n) is 3.06. The maximum atomic E-state index is 12.4. The molecule has 2 aliphatic heterocycles. The Morgan fingerprint density at radius 3 is 2.83 bits per heavy atom. The van der Waals surface area contributed by atoms with Gasteiger partial charge in [-0.15, -0.1) is 11.8 Å². The normalized spacial score (nSPS) is 26.2. The van der Waals surface area contributed by atoms with Crippen molar-refractivity contribution in [3.63, 3.8) is 0 Å². The van der Waals surface area contributed by atoms with Crippen LogP contribution in [0.4, 0.5) is 5.69 Å². The van der Waals surface area contributed by atoms with Gasteiger partial charge in [0.2, 0.25) is 11.8 Å². The molecule has 8 heteroatoms. The molecule has 2 atom stereocenters. The van der Waals surface area contributed by atoms with Crippen molar-refractivity contribution in [3.05, 3.63) is 39.9 Å². The number of nitrogens with zero attached hydrogens (tertiary/aromatic N) is 2. The third-order valence-corrected chi connectivity index (χ3v) is 5.87. The van der Waals surface area contributed by atoms with E-state index in [9.17, 15) is 19.7 Å². The average Bonchev–Trinajstić information content (AvgIpc) is 3.02. The van der Waals surface area contributed by atoms with Crippen molar-refractivity contribution >= 4 is 29.3 Å². The number of nitrogens with one attached hydrogen (secondary N) is 1. The first-order valence-electron chi connectivity index (χ1n) is 7.38. The Morgan fingerprint density at radius 1 is 1.48 bits per heavy atom. The number of hydrogen-bond acceptors (Lipinski definition) is 5. The molecule has 2 aliphatic rings. The first kappa shape index (κ1) is 15.8. The van der Waals surface area contributed by atoms with E-state index >= 15 is 0 Å². The molecule has 0 saturated carbocycles. The standard InChI is InChI=1S/C15H17N3O4S/c1-15-7-6-13(19)17(15)12(9-23-15)14(20)16-8-10-2-4-11(5-3-10)18(21)22/h2-5,12H,6-9H2,1H3,(H,16,20). The molecule has 23 heavy (non-hydrogen) atoms. The molecule has 3 rings (SSSR count).